The van der Waals surface area contributed by atoms with Crippen LogP contribution in [0.4, 0.5) is 0 Å². The Morgan fingerprint density at radius 3 is 2.60 bits per heavy atom. The molecule has 2 aromatic carbocycles. The molecule has 0 spiro atoms. The first-order valence-corrected chi connectivity index (χ1v) is 6.42. The van der Waals surface area contributed by atoms with Crippen molar-refractivity contribution in [2.75, 3.05) is 13.4 Å². The summed E-state index contributed by atoms with van der Waals surface area (Å²) in [7, 11) is 0. The van der Waals surface area contributed by atoms with Gasteiger partial charge in [-0.2, -0.15) is 0 Å². The van der Waals surface area contributed by atoms with Crippen LogP contribution in [0.1, 0.15) is 15.9 Å². The Balaban J connectivity index is 1.69. The first kappa shape index (κ1) is 12.5. The summed E-state index contributed by atoms with van der Waals surface area (Å²) in [5, 5.41) is 0. The van der Waals surface area contributed by atoms with Crippen molar-refractivity contribution in [2.45, 2.75) is 6.42 Å². The minimum atomic E-state index is 0.182. The number of fused-ring (bicyclic) bond motifs is 1. The molecule has 102 valence electrons. The molecule has 0 N–H and O–H groups in total. The predicted octanol–water partition coefficient (Wildman–Crippen LogP) is 2.85. The van der Waals surface area contributed by atoms with Gasteiger partial charge < -0.3 is 14.2 Å². The van der Waals surface area contributed by atoms with E-state index < -0.39 is 0 Å². The van der Waals surface area contributed by atoms with Crippen LogP contribution in [0, 0.1) is 0 Å². The largest absolute Gasteiger partial charge is 0.492 e. The highest BCUT2D eigenvalue weighted by Gasteiger charge is 2.17. The zero-order chi connectivity index (χ0) is 13.8. The Kier molecular flexibility index (Phi) is 3.54. The lowest BCUT2D eigenvalue weighted by molar-refractivity contribution is 0.111. The fourth-order valence-electron chi connectivity index (χ4n) is 2.08. The van der Waals surface area contributed by atoms with Crippen molar-refractivity contribution in [1.29, 1.82) is 0 Å². The molecule has 0 fully saturated rings. The van der Waals surface area contributed by atoms with Gasteiger partial charge in [-0.15, -0.1) is 0 Å². The number of carbonyl (C=O) groups excluding carboxylic acids is 1. The molecule has 1 aliphatic rings. The predicted molar refractivity (Wildman–Crippen MR) is 73.6 cm³/mol. The summed E-state index contributed by atoms with van der Waals surface area (Å²) in [5.74, 6) is 1.73. The van der Waals surface area contributed by atoms with Crippen molar-refractivity contribution >= 4 is 6.29 Å². The second-order valence-corrected chi connectivity index (χ2v) is 4.45. The minimum Gasteiger partial charge on any atom is -0.492 e. The molecule has 0 amide bonds. The van der Waals surface area contributed by atoms with Crippen LogP contribution in [0.5, 0.6) is 17.2 Å². The van der Waals surface area contributed by atoms with E-state index in [1.54, 1.807) is 12.1 Å². The lowest BCUT2D eigenvalue weighted by Gasteiger charge is -2.09. The average molecular weight is 270 g/mol. The molecule has 4 heteroatoms. The van der Waals surface area contributed by atoms with Crippen LogP contribution in [0.25, 0.3) is 0 Å². The normalized spacial score (nSPS) is 12.2. The molecule has 0 atom stereocenters. The number of carbonyl (C=O) groups is 1. The summed E-state index contributed by atoms with van der Waals surface area (Å²) in [5.41, 5.74) is 1.67. The summed E-state index contributed by atoms with van der Waals surface area (Å²) >= 11 is 0. The van der Waals surface area contributed by atoms with Crippen molar-refractivity contribution in [3.8, 4) is 17.2 Å². The molecule has 0 radical (unpaired) electrons. The lowest BCUT2D eigenvalue weighted by Crippen LogP contribution is -2.03. The first-order valence-electron chi connectivity index (χ1n) is 6.42. The summed E-state index contributed by atoms with van der Waals surface area (Å²) in [4.78, 5) is 11.1. The minimum absolute atomic E-state index is 0.182. The first-order chi connectivity index (χ1) is 9.86. The summed E-state index contributed by atoms with van der Waals surface area (Å²) in [6, 6.07) is 13.4. The van der Waals surface area contributed by atoms with E-state index in [2.05, 4.69) is 0 Å². The van der Waals surface area contributed by atoms with Gasteiger partial charge in [-0.3, -0.25) is 4.79 Å². The van der Waals surface area contributed by atoms with E-state index in [4.69, 9.17) is 14.2 Å². The summed E-state index contributed by atoms with van der Waals surface area (Å²) in [6.07, 6.45) is 1.55. The highest BCUT2D eigenvalue weighted by atomic mass is 16.7. The zero-order valence-electron chi connectivity index (χ0n) is 10.9. The third-order valence-electron chi connectivity index (χ3n) is 3.12. The van der Waals surface area contributed by atoms with E-state index >= 15 is 0 Å². The smallest absolute Gasteiger partial charge is 0.231 e. The van der Waals surface area contributed by atoms with Crippen LogP contribution >= 0.6 is 0 Å². The standard InChI is InChI=1S/C16H14O4/c17-10-13-8-15-16(20-11-19-15)9-14(13)18-7-6-12-4-2-1-3-5-12/h1-5,8-10H,6-7,11H2. The average Bonchev–Trinajstić information content (AvgIpc) is 2.94. The monoisotopic (exact) mass is 270 g/mol. The Hall–Kier alpha value is -2.49. The van der Waals surface area contributed by atoms with Crippen molar-refractivity contribution in [2.24, 2.45) is 0 Å². The Morgan fingerprint density at radius 2 is 1.85 bits per heavy atom. The Morgan fingerprint density at radius 1 is 1.10 bits per heavy atom. The van der Waals surface area contributed by atoms with Gasteiger partial charge in [0.25, 0.3) is 0 Å². The molecule has 1 heterocycles. The van der Waals surface area contributed by atoms with Crippen LogP contribution in [-0.4, -0.2) is 19.7 Å². The third kappa shape index (κ3) is 2.59. The van der Waals surface area contributed by atoms with Crippen LogP contribution in [0.2, 0.25) is 0 Å². The topological polar surface area (TPSA) is 44.8 Å². The van der Waals surface area contributed by atoms with E-state index in [1.165, 1.54) is 5.56 Å². The van der Waals surface area contributed by atoms with Crippen LogP contribution in [-0.2, 0) is 6.42 Å². The highest BCUT2D eigenvalue weighted by molar-refractivity contribution is 5.81. The quantitative estimate of drug-likeness (QED) is 0.784. The fraction of sp³-hybridized carbons (Fsp3) is 0.188. The molecule has 20 heavy (non-hydrogen) atoms. The van der Waals surface area contributed by atoms with Crippen molar-refractivity contribution in [1.82, 2.24) is 0 Å². The molecule has 0 aromatic heterocycles. The maximum absolute atomic E-state index is 11.1. The number of rotatable bonds is 5. The van der Waals surface area contributed by atoms with Gasteiger partial charge in [0.05, 0.1) is 12.2 Å². The molecule has 0 saturated carbocycles. The van der Waals surface area contributed by atoms with Gasteiger partial charge in [-0.05, 0) is 11.6 Å². The Labute approximate surface area is 116 Å². The molecule has 2 aromatic rings. The molecule has 0 aliphatic carbocycles. The van der Waals surface area contributed by atoms with Gasteiger partial charge in [-0.1, -0.05) is 30.3 Å². The fourth-order valence-corrected chi connectivity index (χ4v) is 2.08. The number of aldehydes is 1. The van der Waals surface area contributed by atoms with Gasteiger partial charge in [-0.25, -0.2) is 0 Å². The van der Waals surface area contributed by atoms with Gasteiger partial charge in [0.1, 0.15) is 5.75 Å². The summed E-state index contributed by atoms with van der Waals surface area (Å²) < 4.78 is 16.2. The van der Waals surface area contributed by atoms with E-state index in [9.17, 15) is 4.79 Å². The van der Waals surface area contributed by atoms with Crippen LogP contribution < -0.4 is 14.2 Å². The third-order valence-corrected chi connectivity index (χ3v) is 3.12. The number of hydrogen-bond donors (Lipinski definition) is 0. The molecule has 0 saturated heterocycles. The maximum Gasteiger partial charge on any atom is 0.231 e. The number of hydrogen-bond acceptors (Lipinski definition) is 4. The van der Waals surface area contributed by atoms with E-state index in [0.717, 1.165) is 12.7 Å². The summed E-state index contributed by atoms with van der Waals surface area (Å²) in [6.45, 7) is 0.686. The molecule has 0 unspecified atom stereocenters. The molecule has 1 aliphatic heterocycles. The molecule has 3 rings (SSSR count). The second-order valence-electron chi connectivity index (χ2n) is 4.45. The second kappa shape index (κ2) is 5.65. The molecule has 0 bridgehead atoms. The van der Waals surface area contributed by atoms with Crippen LogP contribution in [0.15, 0.2) is 42.5 Å². The maximum atomic E-state index is 11.1. The van der Waals surface area contributed by atoms with Crippen molar-refractivity contribution in [3.05, 3.63) is 53.6 Å². The van der Waals surface area contributed by atoms with Crippen LogP contribution in [0.3, 0.4) is 0 Å². The molecular formula is C16H14O4. The van der Waals surface area contributed by atoms with E-state index in [0.29, 0.717) is 29.4 Å². The SMILES string of the molecule is O=Cc1cc2c(cc1OCCc1ccccc1)OCO2. The van der Waals surface area contributed by atoms with Gasteiger partial charge in [0.15, 0.2) is 17.8 Å². The lowest BCUT2D eigenvalue weighted by atomic mass is 10.1. The van der Waals surface area contributed by atoms with Crippen molar-refractivity contribution in [3.63, 3.8) is 0 Å². The Bertz CT molecular complexity index is 607. The number of benzene rings is 2. The molecule has 4 nitrogen and oxygen atoms in total. The van der Waals surface area contributed by atoms with E-state index in [-0.39, 0.29) is 6.79 Å². The van der Waals surface area contributed by atoms with Gasteiger partial charge in [0, 0.05) is 12.5 Å². The number of ether oxygens (including phenoxy) is 3. The van der Waals surface area contributed by atoms with E-state index in [1.807, 2.05) is 30.3 Å². The van der Waals surface area contributed by atoms with Gasteiger partial charge >= 0.3 is 0 Å². The highest BCUT2D eigenvalue weighted by Crippen LogP contribution is 2.37. The molecular weight excluding hydrogens is 256 g/mol. The van der Waals surface area contributed by atoms with Gasteiger partial charge in [0.2, 0.25) is 6.79 Å². The zero-order valence-corrected chi connectivity index (χ0v) is 10.9. The van der Waals surface area contributed by atoms with Crippen molar-refractivity contribution < 1.29 is 19.0 Å².